The molecule has 0 spiro atoms. The minimum absolute atomic E-state index is 0. The first-order valence-electron chi connectivity index (χ1n) is 8.63. The van der Waals surface area contributed by atoms with Crippen LogP contribution >= 0.6 is 0 Å². The summed E-state index contributed by atoms with van der Waals surface area (Å²) >= 11 is 0. The van der Waals surface area contributed by atoms with Crippen LogP contribution in [0.2, 0.25) is 0 Å². The van der Waals surface area contributed by atoms with E-state index >= 15 is 0 Å². The molecule has 3 aromatic rings. The van der Waals surface area contributed by atoms with E-state index in [0.29, 0.717) is 6.54 Å². The van der Waals surface area contributed by atoms with Crippen molar-refractivity contribution in [3.8, 4) is 0 Å². The van der Waals surface area contributed by atoms with Gasteiger partial charge in [-0.15, -0.1) is 0 Å². The van der Waals surface area contributed by atoms with E-state index in [1.54, 1.807) is 12.1 Å². The monoisotopic (exact) mass is 349 g/mol. The molecular formula is C22H24FN3. The van der Waals surface area contributed by atoms with Gasteiger partial charge in [-0.3, -0.25) is 0 Å². The highest BCUT2D eigenvalue weighted by Gasteiger charge is 2.15. The average molecular weight is 349 g/mol. The van der Waals surface area contributed by atoms with Crippen molar-refractivity contribution in [2.75, 3.05) is 11.9 Å². The highest BCUT2D eigenvalue weighted by molar-refractivity contribution is 5.87. The van der Waals surface area contributed by atoms with Crippen molar-refractivity contribution in [3.63, 3.8) is 0 Å². The molecule has 1 unspecified atom stereocenters. The first-order valence-corrected chi connectivity index (χ1v) is 8.63. The summed E-state index contributed by atoms with van der Waals surface area (Å²) in [5.74, 6) is -0.0783. The fourth-order valence-corrected chi connectivity index (χ4v) is 3.10. The molecule has 4 N–H and O–H groups in total. The van der Waals surface area contributed by atoms with E-state index in [-0.39, 0.29) is 13.2 Å². The molecule has 0 aliphatic heterocycles. The molecule has 0 saturated heterocycles. The Morgan fingerprint density at radius 2 is 1.73 bits per heavy atom. The van der Waals surface area contributed by atoms with E-state index < -0.39 is 0 Å². The van der Waals surface area contributed by atoms with Gasteiger partial charge in [-0.05, 0) is 60.5 Å². The number of rotatable bonds is 7. The van der Waals surface area contributed by atoms with Crippen molar-refractivity contribution in [1.82, 2.24) is 0 Å². The van der Waals surface area contributed by atoms with E-state index in [0.717, 1.165) is 28.9 Å². The Morgan fingerprint density at radius 1 is 1.00 bits per heavy atom. The van der Waals surface area contributed by atoms with Gasteiger partial charge in [-0.2, -0.15) is 0 Å². The molecular weight excluding hydrogens is 325 g/mol. The van der Waals surface area contributed by atoms with E-state index in [4.69, 9.17) is 11.1 Å². The highest BCUT2D eigenvalue weighted by atomic mass is 19.1. The quantitative estimate of drug-likeness (QED) is 0.507. The molecule has 4 heteroatoms. The highest BCUT2D eigenvalue weighted by Crippen LogP contribution is 2.31. The van der Waals surface area contributed by atoms with Crippen LogP contribution in [0.3, 0.4) is 0 Å². The predicted molar refractivity (Wildman–Crippen MR) is 108 cm³/mol. The molecule has 0 heterocycles. The summed E-state index contributed by atoms with van der Waals surface area (Å²) in [6.45, 7) is 0.592. The summed E-state index contributed by atoms with van der Waals surface area (Å²) in [6, 6.07) is 22.5. The molecule has 134 valence electrons. The summed E-state index contributed by atoms with van der Waals surface area (Å²) in [5.41, 5.74) is 10.6. The Kier molecular flexibility index (Phi) is 5.77. The van der Waals surface area contributed by atoms with Gasteiger partial charge in [0.15, 0.2) is 0 Å². The maximum absolute atomic E-state index is 13.1. The van der Waals surface area contributed by atoms with Crippen LogP contribution in [-0.4, -0.2) is 12.8 Å². The molecule has 3 aromatic carbocycles. The van der Waals surface area contributed by atoms with Crippen molar-refractivity contribution >= 4 is 17.6 Å². The van der Waals surface area contributed by atoms with Crippen LogP contribution in [0.5, 0.6) is 0 Å². The second kappa shape index (κ2) is 8.41. The number of anilines is 2. The Morgan fingerprint density at radius 3 is 2.38 bits per heavy atom. The standard InChI is InChI=1S/C22H22FN3.H2/c23-19-7-9-20(10-8-19)26-22-11-6-17(14-18(22)15-25)21(12-13-24)16-4-2-1-3-5-16;/h1-11,14-15,21,25-26H,12-13,24H2;1H. The Hall–Kier alpha value is -2.98. The minimum atomic E-state index is -0.273. The molecule has 3 nitrogen and oxygen atoms in total. The third kappa shape index (κ3) is 4.16. The number of nitrogens with two attached hydrogens (primary N) is 1. The smallest absolute Gasteiger partial charge is 0.123 e. The summed E-state index contributed by atoms with van der Waals surface area (Å²) < 4.78 is 13.1. The third-order valence-electron chi connectivity index (χ3n) is 4.41. The summed E-state index contributed by atoms with van der Waals surface area (Å²) in [6.07, 6.45) is 2.17. The first-order chi connectivity index (χ1) is 12.7. The van der Waals surface area contributed by atoms with Gasteiger partial charge >= 0.3 is 0 Å². The number of benzene rings is 3. The lowest BCUT2D eigenvalue weighted by molar-refractivity contribution is 0.628. The maximum Gasteiger partial charge on any atom is 0.123 e. The van der Waals surface area contributed by atoms with Crippen molar-refractivity contribution < 1.29 is 5.82 Å². The number of halogens is 1. The van der Waals surface area contributed by atoms with Gasteiger partial charge in [0.25, 0.3) is 0 Å². The first kappa shape index (κ1) is 17.8. The lowest BCUT2D eigenvalue weighted by atomic mass is 9.87. The molecule has 0 saturated carbocycles. The van der Waals surface area contributed by atoms with E-state index in [9.17, 15) is 4.39 Å². The third-order valence-corrected chi connectivity index (χ3v) is 4.41. The molecule has 0 fully saturated rings. The van der Waals surface area contributed by atoms with Crippen LogP contribution in [0.4, 0.5) is 15.8 Å². The molecule has 1 atom stereocenters. The van der Waals surface area contributed by atoms with Gasteiger partial charge < -0.3 is 16.5 Å². The fourth-order valence-electron chi connectivity index (χ4n) is 3.10. The van der Waals surface area contributed by atoms with Gasteiger partial charge in [-0.25, -0.2) is 4.39 Å². The van der Waals surface area contributed by atoms with Crippen LogP contribution < -0.4 is 11.1 Å². The SMILES string of the molecule is N=Cc1cc(C(CCN)c2ccccc2)ccc1Nc1ccc(F)cc1.[HH]. The zero-order valence-corrected chi connectivity index (χ0v) is 14.5. The molecule has 0 aliphatic carbocycles. The van der Waals surface area contributed by atoms with Gasteiger partial charge in [0.1, 0.15) is 5.82 Å². The zero-order chi connectivity index (χ0) is 18.4. The summed E-state index contributed by atoms with van der Waals surface area (Å²) in [7, 11) is 0. The van der Waals surface area contributed by atoms with Crippen LogP contribution in [0.15, 0.2) is 72.8 Å². The number of hydrogen-bond acceptors (Lipinski definition) is 3. The maximum atomic E-state index is 13.1. The van der Waals surface area contributed by atoms with Crippen molar-refractivity contribution in [3.05, 3.63) is 95.3 Å². The molecule has 0 aliphatic rings. The average Bonchev–Trinajstić information content (AvgIpc) is 2.69. The second-order valence-electron chi connectivity index (χ2n) is 6.16. The van der Waals surface area contributed by atoms with Crippen molar-refractivity contribution in [2.24, 2.45) is 5.73 Å². The molecule has 0 bridgehead atoms. The molecule has 3 rings (SSSR count). The molecule has 0 radical (unpaired) electrons. The minimum Gasteiger partial charge on any atom is -0.355 e. The summed E-state index contributed by atoms with van der Waals surface area (Å²) in [5, 5.41) is 11.0. The number of hydrogen-bond donors (Lipinski definition) is 3. The fraction of sp³-hybridized carbons (Fsp3) is 0.136. The largest absolute Gasteiger partial charge is 0.355 e. The van der Waals surface area contributed by atoms with Crippen molar-refractivity contribution in [1.29, 1.82) is 5.41 Å². The Bertz CT molecular complexity index is 866. The van der Waals surface area contributed by atoms with E-state index in [2.05, 4.69) is 23.5 Å². The van der Waals surface area contributed by atoms with Crippen LogP contribution in [0.1, 0.15) is 30.5 Å². The van der Waals surface area contributed by atoms with Crippen molar-refractivity contribution in [2.45, 2.75) is 12.3 Å². The Balaban J connectivity index is 0.00000261. The van der Waals surface area contributed by atoms with Gasteiger partial charge in [-0.1, -0.05) is 36.4 Å². The van der Waals surface area contributed by atoms with E-state index in [1.165, 1.54) is 23.9 Å². The molecule has 0 aromatic heterocycles. The normalized spacial score (nSPS) is 11.8. The van der Waals surface area contributed by atoms with E-state index in [1.807, 2.05) is 30.3 Å². The van der Waals surface area contributed by atoms with Gasteiger partial charge in [0.2, 0.25) is 0 Å². The van der Waals surface area contributed by atoms with Crippen LogP contribution in [0.25, 0.3) is 0 Å². The Labute approximate surface area is 154 Å². The lowest BCUT2D eigenvalue weighted by Crippen LogP contribution is -2.09. The summed E-state index contributed by atoms with van der Waals surface area (Å²) in [4.78, 5) is 0. The molecule has 26 heavy (non-hydrogen) atoms. The van der Waals surface area contributed by atoms with Crippen LogP contribution in [0, 0.1) is 11.2 Å². The van der Waals surface area contributed by atoms with Crippen LogP contribution in [-0.2, 0) is 0 Å². The zero-order valence-electron chi connectivity index (χ0n) is 14.5. The van der Waals surface area contributed by atoms with Gasteiger partial charge in [0, 0.05) is 30.5 Å². The predicted octanol–water partition coefficient (Wildman–Crippen LogP) is 5.29. The van der Waals surface area contributed by atoms with Gasteiger partial charge in [0.05, 0.1) is 0 Å². The molecule has 0 amide bonds. The lowest BCUT2D eigenvalue weighted by Gasteiger charge is -2.19. The number of nitrogens with one attached hydrogen (secondary N) is 2. The second-order valence-corrected chi connectivity index (χ2v) is 6.16. The topological polar surface area (TPSA) is 61.9 Å².